The Bertz CT molecular complexity index is 822. The molecule has 7 heteroatoms. The third-order valence-electron chi connectivity index (χ3n) is 4.03. The van der Waals surface area contributed by atoms with Crippen molar-refractivity contribution in [3.8, 4) is 0 Å². The number of halogens is 1. The number of aromatic nitrogens is 3. The van der Waals surface area contributed by atoms with Gasteiger partial charge in [-0.3, -0.25) is 4.98 Å². The van der Waals surface area contributed by atoms with Crippen LogP contribution in [-0.4, -0.2) is 34.3 Å². The summed E-state index contributed by atoms with van der Waals surface area (Å²) in [5.41, 5.74) is 3.62. The highest BCUT2D eigenvalue weighted by Gasteiger charge is 2.08. The molecule has 0 fully saturated rings. The SMILES string of the molecule is Cc1c(SCCN(C)c2ccc(Br)cc2)ccnc1CSc1ncc[nH]1. The lowest BCUT2D eigenvalue weighted by atomic mass is 10.2. The van der Waals surface area contributed by atoms with Crippen LogP contribution in [-0.2, 0) is 5.75 Å². The summed E-state index contributed by atoms with van der Waals surface area (Å²) in [5, 5.41) is 0.931. The number of thioether (sulfide) groups is 2. The minimum atomic E-state index is 0.826. The summed E-state index contributed by atoms with van der Waals surface area (Å²) in [6.45, 7) is 3.15. The molecular formula is C19H21BrN4S2. The van der Waals surface area contributed by atoms with Crippen LogP contribution in [0.1, 0.15) is 11.3 Å². The van der Waals surface area contributed by atoms with Gasteiger partial charge in [0.2, 0.25) is 0 Å². The van der Waals surface area contributed by atoms with Crippen LogP contribution in [0, 0.1) is 6.92 Å². The quantitative estimate of drug-likeness (QED) is 0.467. The number of hydrogen-bond acceptors (Lipinski definition) is 5. The predicted molar refractivity (Wildman–Crippen MR) is 115 cm³/mol. The Balaban J connectivity index is 1.54. The monoisotopic (exact) mass is 448 g/mol. The molecule has 3 aromatic rings. The standard InChI is InChI=1S/C19H21BrN4S2/c1-14-17(13-26-19-22-9-10-23-19)21-8-7-18(14)25-12-11-24(2)16-5-3-15(20)4-6-16/h3-10H,11-13H2,1-2H3,(H,22,23). The van der Waals surface area contributed by atoms with Crippen molar-refractivity contribution in [2.75, 3.05) is 24.2 Å². The van der Waals surface area contributed by atoms with Crippen LogP contribution in [0.4, 0.5) is 5.69 Å². The van der Waals surface area contributed by atoms with E-state index in [9.17, 15) is 0 Å². The number of nitrogens with one attached hydrogen (secondary N) is 1. The molecule has 3 rings (SSSR count). The van der Waals surface area contributed by atoms with Gasteiger partial charge in [-0.2, -0.15) is 0 Å². The molecule has 0 atom stereocenters. The highest BCUT2D eigenvalue weighted by atomic mass is 79.9. The molecule has 0 amide bonds. The van der Waals surface area contributed by atoms with E-state index < -0.39 is 0 Å². The van der Waals surface area contributed by atoms with Gasteiger partial charge in [0, 0.05) is 58.7 Å². The molecule has 0 aliphatic heterocycles. The minimum Gasteiger partial charge on any atom is -0.374 e. The third-order valence-corrected chi connectivity index (χ3v) is 6.61. The van der Waals surface area contributed by atoms with Crippen LogP contribution >= 0.6 is 39.5 Å². The van der Waals surface area contributed by atoms with Crippen molar-refractivity contribution >= 4 is 45.1 Å². The van der Waals surface area contributed by atoms with Crippen LogP contribution in [0.25, 0.3) is 0 Å². The number of H-pyrrole nitrogens is 1. The largest absolute Gasteiger partial charge is 0.374 e. The molecule has 0 saturated heterocycles. The average molecular weight is 449 g/mol. The molecule has 0 aliphatic rings. The summed E-state index contributed by atoms with van der Waals surface area (Å²) in [7, 11) is 2.13. The Kier molecular flexibility index (Phi) is 7.05. The predicted octanol–water partition coefficient (Wildman–Crippen LogP) is 5.40. The Morgan fingerprint density at radius 1 is 1.08 bits per heavy atom. The molecule has 0 spiro atoms. The number of aromatic amines is 1. The van der Waals surface area contributed by atoms with Gasteiger partial charge in [-0.25, -0.2) is 4.98 Å². The zero-order valence-corrected chi connectivity index (χ0v) is 18.0. The second-order valence-electron chi connectivity index (χ2n) is 5.81. The maximum absolute atomic E-state index is 4.55. The summed E-state index contributed by atoms with van der Waals surface area (Å²) in [4.78, 5) is 15.5. The molecule has 1 aromatic carbocycles. The summed E-state index contributed by atoms with van der Waals surface area (Å²) >= 11 is 7.05. The minimum absolute atomic E-state index is 0.826. The highest BCUT2D eigenvalue weighted by Crippen LogP contribution is 2.27. The summed E-state index contributed by atoms with van der Waals surface area (Å²) in [6.07, 6.45) is 5.53. The van der Waals surface area contributed by atoms with Gasteiger partial charge in [0.15, 0.2) is 5.16 Å². The molecule has 26 heavy (non-hydrogen) atoms. The number of pyridine rings is 1. The molecule has 0 radical (unpaired) electrons. The van der Waals surface area contributed by atoms with Crippen molar-refractivity contribution in [2.45, 2.75) is 22.7 Å². The van der Waals surface area contributed by atoms with Gasteiger partial charge in [0.05, 0.1) is 5.69 Å². The first-order valence-corrected chi connectivity index (χ1v) is 11.1. The zero-order valence-electron chi connectivity index (χ0n) is 14.8. The molecule has 0 unspecified atom stereocenters. The molecular weight excluding hydrogens is 428 g/mol. The number of nitrogens with zero attached hydrogens (tertiary/aromatic N) is 3. The number of benzene rings is 1. The molecule has 4 nitrogen and oxygen atoms in total. The molecule has 1 N–H and O–H groups in total. The van der Waals surface area contributed by atoms with Gasteiger partial charge in [0.1, 0.15) is 0 Å². The van der Waals surface area contributed by atoms with Crippen LogP contribution in [0.2, 0.25) is 0 Å². The van der Waals surface area contributed by atoms with E-state index in [1.807, 2.05) is 24.2 Å². The maximum atomic E-state index is 4.55. The van der Waals surface area contributed by atoms with Crippen molar-refractivity contribution in [1.82, 2.24) is 15.0 Å². The third kappa shape index (κ3) is 5.28. The molecule has 2 aromatic heterocycles. The van der Waals surface area contributed by atoms with Gasteiger partial charge in [-0.15, -0.1) is 11.8 Å². The van der Waals surface area contributed by atoms with Gasteiger partial charge < -0.3 is 9.88 Å². The number of hydrogen-bond donors (Lipinski definition) is 1. The van der Waals surface area contributed by atoms with Gasteiger partial charge in [-0.1, -0.05) is 27.7 Å². The van der Waals surface area contributed by atoms with Crippen LogP contribution in [0.5, 0.6) is 0 Å². The molecule has 0 aliphatic carbocycles. The second-order valence-corrected chi connectivity index (χ2v) is 8.83. The van der Waals surface area contributed by atoms with E-state index in [4.69, 9.17) is 0 Å². The molecule has 136 valence electrons. The molecule has 0 bridgehead atoms. The van der Waals surface area contributed by atoms with E-state index >= 15 is 0 Å². The van der Waals surface area contributed by atoms with E-state index in [1.54, 1.807) is 18.0 Å². The van der Waals surface area contributed by atoms with Crippen molar-refractivity contribution in [3.63, 3.8) is 0 Å². The smallest absolute Gasteiger partial charge is 0.165 e. The maximum Gasteiger partial charge on any atom is 0.165 e. The van der Waals surface area contributed by atoms with Crippen molar-refractivity contribution in [2.24, 2.45) is 0 Å². The highest BCUT2D eigenvalue weighted by molar-refractivity contribution is 9.10. The zero-order chi connectivity index (χ0) is 18.4. The Morgan fingerprint density at radius 2 is 1.88 bits per heavy atom. The average Bonchev–Trinajstić information content (AvgIpc) is 3.16. The summed E-state index contributed by atoms with van der Waals surface area (Å²) in [5.74, 6) is 1.86. The number of rotatable bonds is 8. The normalized spacial score (nSPS) is 10.9. The lowest BCUT2D eigenvalue weighted by molar-refractivity contribution is 0.975. The van der Waals surface area contributed by atoms with E-state index in [0.717, 1.165) is 33.4 Å². The lowest BCUT2D eigenvalue weighted by Gasteiger charge is -2.19. The fourth-order valence-corrected chi connectivity index (χ4v) is 4.64. The Morgan fingerprint density at radius 3 is 2.62 bits per heavy atom. The van der Waals surface area contributed by atoms with Crippen LogP contribution in [0.15, 0.2) is 63.4 Å². The Hall–Kier alpha value is -1.44. The summed E-state index contributed by atoms with van der Waals surface area (Å²) < 4.78 is 1.11. The summed E-state index contributed by atoms with van der Waals surface area (Å²) in [6, 6.07) is 10.5. The van der Waals surface area contributed by atoms with Gasteiger partial charge in [-0.05, 0) is 42.8 Å². The first kappa shape index (κ1) is 19.3. The van der Waals surface area contributed by atoms with Crippen molar-refractivity contribution in [1.29, 1.82) is 0 Å². The lowest BCUT2D eigenvalue weighted by Crippen LogP contribution is -2.20. The van der Waals surface area contributed by atoms with Crippen LogP contribution < -0.4 is 4.90 Å². The first-order chi connectivity index (χ1) is 12.6. The molecule has 0 saturated carbocycles. The fraction of sp³-hybridized carbons (Fsp3) is 0.263. The van der Waals surface area contributed by atoms with E-state index in [2.05, 4.69) is 80.1 Å². The number of imidazole rings is 1. The van der Waals surface area contributed by atoms with Crippen molar-refractivity contribution in [3.05, 3.63) is 64.7 Å². The Labute approximate surface area is 171 Å². The van der Waals surface area contributed by atoms with E-state index in [-0.39, 0.29) is 0 Å². The van der Waals surface area contributed by atoms with Crippen LogP contribution in [0.3, 0.4) is 0 Å². The van der Waals surface area contributed by atoms with Gasteiger partial charge in [0.25, 0.3) is 0 Å². The first-order valence-electron chi connectivity index (χ1n) is 8.29. The van der Waals surface area contributed by atoms with E-state index in [1.165, 1.54) is 16.1 Å². The topological polar surface area (TPSA) is 44.8 Å². The van der Waals surface area contributed by atoms with Gasteiger partial charge >= 0.3 is 0 Å². The van der Waals surface area contributed by atoms with E-state index in [0.29, 0.717) is 0 Å². The molecule has 2 heterocycles. The van der Waals surface area contributed by atoms with Crippen molar-refractivity contribution < 1.29 is 0 Å². The second kappa shape index (κ2) is 9.48. The number of anilines is 1. The fourth-order valence-electron chi connectivity index (χ4n) is 2.44.